The second-order valence-corrected chi connectivity index (χ2v) is 9.02. The van der Waals surface area contributed by atoms with Crippen LogP contribution in [0.1, 0.15) is 31.3 Å². The molecule has 1 aliphatic heterocycles. The highest BCUT2D eigenvalue weighted by Crippen LogP contribution is 2.26. The molecule has 0 aliphatic carbocycles. The van der Waals surface area contributed by atoms with E-state index >= 15 is 0 Å². The Morgan fingerprint density at radius 1 is 1.08 bits per heavy atom. The van der Waals surface area contributed by atoms with E-state index < -0.39 is 10.0 Å². The zero-order chi connectivity index (χ0) is 18.9. The van der Waals surface area contributed by atoms with Crippen molar-refractivity contribution in [1.29, 1.82) is 0 Å². The van der Waals surface area contributed by atoms with Crippen LogP contribution in [0, 0.1) is 6.92 Å². The van der Waals surface area contributed by atoms with Crippen molar-refractivity contribution < 1.29 is 8.42 Å². The quantitative estimate of drug-likeness (QED) is 0.797. The van der Waals surface area contributed by atoms with Crippen molar-refractivity contribution >= 4 is 27.4 Å². The molecule has 26 heavy (non-hydrogen) atoms. The highest BCUT2D eigenvalue weighted by atomic mass is 35.5. The molecule has 0 radical (unpaired) electrons. The maximum Gasteiger partial charge on any atom is 0.244 e. The maximum absolute atomic E-state index is 12.8. The number of halogens is 1. The summed E-state index contributed by atoms with van der Waals surface area (Å²) in [5.74, 6) is 1.91. The minimum atomic E-state index is -3.59. The molecular formula is C18H23ClN4O2S. The Balaban J connectivity index is 1.77. The fourth-order valence-corrected chi connectivity index (χ4v) is 4.86. The fourth-order valence-electron chi connectivity index (χ4n) is 2.95. The predicted molar refractivity (Wildman–Crippen MR) is 103 cm³/mol. The fraction of sp³-hybridized carbons (Fsp3) is 0.444. The summed E-state index contributed by atoms with van der Waals surface area (Å²) in [5.41, 5.74) is 0.921. The number of benzene rings is 1. The molecule has 140 valence electrons. The first kappa shape index (κ1) is 19.1. The van der Waals surface area contributed by atoms with E-state index in [0.29, 0.717) is 26.2 Å². The molecule has 1 fully saturated rings. The molecular weight excluding hydrogens is 372 g/mol. The van der Waals surface area contributed by atoms with Gasteiger partial charge in [0.2, 0.25) is 10.0 Å². The summed E-state index contributed by atoms with van der Waals surface area (Å²) in [5, 5.41) is 0.253. The lowest BCUT2D eigenvalue weighted by atomic mass is 10.2. The standard InChI is InChI=1S/C18H23ClN4O2S/c1-13(2)18-20-14(3)12-17(21-18)22-8-10-23(11-9-22)26(24,25)16-7-5-4-6-15(16)19/h4-7,12-13H,8-11H2,1-3H3. The average Bonchev–Trinajstić information content (AvgIpc) is 2.61. The molecule has 0 spiro atoms. The number of rotatable bonds is 4. The third-order valence-electron chi connectivity index (χ3n) is 4.39. The minimum Gasteiger partial charge on any atom is -0.354 e. The van der Waals surface area contributed by atoms with E-state index in [2.05, 4.69) is 28.7 Å². The zero-order valence-corrected chi connectivity index (χ0v) is 16.8. The maximum atomic E-state index is 12.8. The van der Waals surface area contributed by atoms with Crippen molar-refractivity contribution in [3.63, 3.8) is 0 Å². The number of piperazine rings is 1. The lowest BCUT2D eigenvalue weighted by molar-refractivity contribution is 0.383. The number of aromatic nitrogens is 2. The molecule has 8 heteroatoms. The van der Waals surface area contributed by atoms with Crippen LogP contribution in [0.2, 0.25) is 5.02 Å². The molecule has 6 nitrogen and oxygen atoms in total. The molecule has 0 unspecified atom stereocenters. The number of hydrogen-bond donors (Lipinski definition) is 0. The monoisotopic (exact) mass is 394 g/mol. The van der Waals surface area contributed by atoms with Crippen LogP contribution in [-0.2, 0) is 10.0 Å². The number of sulfonamides is 1. The van der Waals surface area contributed by atoms with E-state index in [9.17, 15) is 8.42 Å². The van der Waals surface area contributed by atoms with Crippen molar-refractivity contribution in [2.75, 3.05) is 31.1 Å². The second kappa shape index (κ2) is 7.50. The Hall–Kier alpha value is -1.70. The molecule has 0 bridgehead atoms. The molecule has 0 N–H and O–H groups in total. The van der Waals surface area contributed by atoms with Gasteiger partial charge in [-0.2, -0.15) is 4.31 Å². The Kier molecular flexibility index (Phi) is 5.50. The lowest BCUT2D eigenvalue weighted by Crippen LogP contribution is -2.49. The zero-order valence-electron chi connectivity index (χ0n) is 15.2. The topological polar surface area (TPSA) is 66.4 Å². The predicted octanol–water partition coefficient (Wildman–Crippen LogP) is 3.07. The summed E-state index contributed by atoms with van der Waals surface area (Å²) in [4.78, 5) is 11.4. The molecule has 0 atom stereocenters. The highest BCUT2D eigenvalue weighted by Gasteiger charge is 2.30. The third-order valence-corrected chi connectivity index (χ3v) is 6.79. The molecule has 2 heterocycles. The Bertz CT molecular complexity index is 894. The summed E-state index contributed by atoms with van der Waals surface area (Å²) < 4.78 is 27.2. The van der Waals surface area contributed by atoms with Crippen LogP contribution in [0.25, 0.3) is 0 Å². The summed E-state index contributed by atoms with van der Waals surface area (Å²) in [7, 11) is -3.59. The molecule has 0 amide bonds. The van der Waals surface area contributed by atoms with Gasteiger partial charge in [-0.05, 0) is 19.1 Å². The molecule has 0 saturated carbocycles. The van der Waals surface area contributed by atoms with E-state index in [0.717, 1.165) is 17.3 Å². The van der Waals surface area contributed by atoms with Gasteiger partial charge in [0.1, 0.15) is 16.5 Å². The van der Waals surface area contributed by atoms with Crippen molar-refractivity contribution in [3.8, 4) is 0 Å². The van der Waals surface area contributed by atoms with Crippen LogP contribution in [0.4, 0.5) is 5.82 Å². The Labute approximate surface area is 159 Å². The van der Waals surface area contributed by atoms with Crippen LogP contribution >= 0.6 is 11.6 Å². The average molecular weight is 395 g/mol. The third kappa shape index (κ3) is 3.84. The van der Waals surface area contributed by atoms with Gasteiger partial charge in [0.15, 0.2) is 0 Å². The van der Waals surface area contributed by atoms with Crippen molar-refractivity contribution in [1.82, 2.24) is 14.3 Å². The number of nitrogens with zero attached hydrogens (tertiary/aromatic N) is 4. The lowest BCUT2D eigenvalue weighted by Gasteiger charge is -2.35. The highest BCUT2D eigenvalue weighted by molar-refractivity contribution is 7.89. The molecule has 2 aromatic rings. The van der Waals surface area contributed by atoms with Gasteiger partial charge in [-0.3, -0.25) is 0 Å². The van der Waals surface area contributed by atoms with Crippen molar-refractivity contribution in [3.05, 3.63) is 46.9 Å². The van der Waals surface area contributed by atoms with Gasteiger partial charge >= 0.3 is 0 Å². The Morgan fingerprint density at radius 3 is 2.35 bits per heavy atom. The van der Waals surface area contributed by atoms with E-state index in [-0.39, 0.29) is 15.8 Å². The van der Waals surface area contributed by atoms with Crippen LogP contribution < -0.4 is 4.90 Å². The molecule has 3 rings (SSSR count). The number of anilines is 1. The van der Waals surface area contributed by atoms with Crippen molar-refractivity contribution in [2.24, 2.45) is 0 Å². The summed E-state index contributed by atoms with van der Waals surface area (Å²) in [6.07, 6.45) is 0. The van der Waals surface area contributed by atoms with E-state index in [4.69, 9.17) is 11.6 Å². The van der Waals surface area contributed by atoms with Crippen LogP contribution in [0.3, 0.4) is 0 Å². The van der Waals surface area contributed by atoms with Gasteiger partial charge in [-0.25, -0.2) is 18.4 Å². The van der Waals surface area contributed by atoms with Crippen LogP contribution in [-0.4, -0.2) is 48.9 Å². The first-order valence-corrected chi connectivity index (χ1v) is 10.5. The van der Waals surface area contributed by atoms with Gasteiger partial charge in [-0.1, -0.05) is 37.6 Å². The first-order chi connectivity index (χ1) is 12.3. The van der Waals surface area contributed by atoms with Gasteiger partial charge in [0.05, 0.1) is 5.02 Å². The van der Waals surface area contributed by atoms with E-state index in [1.165, 1.54) is 4.31 Å². The molecule has 1 aromatic carbocycles. The van der Waals surface area contributed by atoms with Gasteiger partial charge in [0, 0.05) is 43.9 Å². The van der Waals surface area contributed by atoms with Crippen LogP contribution in [0.5, 0.6) is 0 Å². The summed E-state index contributed by atoms with van der Waals surface area (Å²) in [6, 6.07) is 8.51. The summed E-state index contributed by atoms with van der Waals surface area (Å²) in [6.45, 7) is 8.03. The molecule has 1 aliphatic rings. The smallest absolute Gasteiger partial charge is 0.244 e. The molecule has 1 aromatic heterocycles. The molecule has 1 saturated heterocycles. The van der Waals surface area contributed by atoms with E-state index in [1.807, 2.05) is 13.0 Å². The SMILES string of the molecule is Cc1cc(N2CCN(S(=O)(=O)c3ccccc3Cl)CC2)nc(C(C)C)n1. The van der Waals surface area contributed by atoms with Crippen molar-refractivity contribution in [2.45, 2.75) is 31.6 Å². The Morgan fingerprint density at radius 2 is 1.73 bits per heavy atom. The van der Waals surface area contributed by atoms with E-state index in [1.54, 1.807) is 24.3 Å². The van der Waals surface area contributed by atoms with Gasteiger partial charge < -0.3 is 4.90 Å². The largest absolute Gasteiger partial charge is 0.354 e. The number of hydrogen-bond acceptors (Lipinski definition) is 5. The second-order valence-electron chi connectivity index (χ2n) is 6.70. The normalized spacial score (nSPS) is 16.3. The van der Waals surface area contributed by atoms with Crippen LogP contribution in [0.15, 0.2) is 35.2 Å². The minimum absolute atomic E-state index is 0.162. The summed E-state index contributed by atoms with van der Waals surface area (Å²) >= 11 is 6.08. The van der Waals surface area contributed by atoms with Gasteiger partial charge in [0.25, 0.3) is 0 Å². The number of aryl methyl sites for hydroxylation is 1. The first-order valence-electron chi connectivity index (χ1n) is 8.64. The van der Waals surface area contributed by atoms with Gasteiger partial charge in [-0.15, -0.1) is 0 Å².